The van der Waals surface area contributed by atoms with Crippen molar-refractivity contribution in [3.63, 3.8) is 0 Å². The molecule has 8 heteroatoms. The summed E-state index contributed by atoms with van der Waals surface area (Å²) >= 11 is 0. The standard InChI is InChI=1S/C12H19N3O3S2/c1-10(2)14-20(17,18)11-4-3-5-13-12(11)15-6-8-19(16)9-7-15/h3-5,10,14H,6-9H2,1-2H3. The van der Waals surface area contributed by atoms with Crippen LogP contribution in [0.25, 0.3) is 0 Å². The molecule has 1 aliphatic rings. The molecule has 6 nitrogen and oxygen atoms in total. The minimum Gasteiger partial charge on any atom is -0.354 e. The van der Waals surface area contributed by atoms with Gasteiger partial charge in [-0.3, -0.25) is 4.21 Å². The molecule has 0 atom stereocenters. The minimum absolute atomic E-state index is 0.179. The van der Waals surface area contributed by atoms with Crippen molar-refractivity contribution < 1.29 is 12.6 Å². The van der Waals surface area contributed by atoms with Crippen LogP contribution >= 0.6 is 0 Å². The van der Waals surface area contributed by atoms with Gasteiger partial charge in [-0.15, -0.1) is 0 Å². The van der Waals surface area contributed by atoms with E-state index in [2.05, 4.69) is 9.71 Å². The Morgan fingerprint density at radius 1 is 1.35 bits per heavy atom. The lowest BCUT2D eigenvalue weighted by Crippen LogP contribution is -2.40. The Hall–Kier alpha value is -0.990. The zero-order valence-electron chi connectivity index (χ0n) is 11.6. The highest BCUT2D eigenvalue weighted by Gasteiger charge is 2.25. The van der Waals surface area contributed by atoms with E-state index >= 15 is 0 Å². The Kier molecular flexibility index (Phi) is 4.77. The summed E-state index contributed by atoms with van der Waals surface area (Å²) in [4.78, 5) is 6.28. The second-order valence-corrected chi connectivity index (χ2v) is 8.31. The van der Waals surface area contributed by atoms with E-state index in [1.807, 2.05) is 4.90 Å². The Morgan fingerprint density at radius 3 is 2.60 bits per heavy atom. The summed E-state index contributed by atoms with van der Waals surface area (Å²) in [6, 6.07) is 2.99. The Balaban J connectivity index is 2.33. The molecule has 1 saturated heterocycles. The SMILES string of the molecule is CC(C)NS(=O)(=O)c1cccnc1N1CCS(=O)CC1. The van der Waals surface area contributed by atoms with Crippen LogP contribution in [0.5, 0.6) is 0 Å². The smallest absolute Gasteiger partial charge is 0.244 e. The maximum Gasteiger partial charge on any atom is 0.244 e. The van der Waals surface area contributed by atoms with Gasteiger partial charge < -0.3 is 4.90 Å². The van der Waals surface area contributed by atoms with Gasteiger partial charge in [-0.1, -0.05) is 0 Å². The van der Waals surface area contributed by atoms with Crippen LogP contribution in [0.15, 0.2) is 23.2 Å². The molecule has 0 amide bonds. The lowest BCUT2D eigenvalue weighted by molar-refractivity contribution is 0.569. The molecule has 20 heavy (non-hydrogen) atoms. The number of hydrogen-bond acceptors (Lipinski definition) is 5. The molecule has 112 valence electrons. The maximum absolute atomic E-state index is 12.3. The number of hydrogen-bond donors (Lipinski definition) is 1. The lowest BCUT2D eigenvalue weighted by Gasteiger charge is -2.28. The molecule has 1 aliphatic heterocycles. The molecule has 1 aromatic heterocycles. The molecular weight excluding hydrogens is 298 g/mol. The zero-order valence-corrected chi connectivity index (χ0v) is 13.2. The van der Waals surface area contributed by atoms with Crippen molar-refractivity contribution in [2.24, 2.45) is 0 Å². The molecular formula is C12H19N3O3S2. The van der Waals surface area contributed by atoms with Crippen molar-refractivity contribution in [2.75, 3.05) is 29.5 Å². The Bertz CT molecular complexity index is 592. The normalized spacial score (nSPS) is 17.6. The molecule has 1 fully saturated rings. The van der Waals surface area contributed by atoms with Crippen LogP contribution in [-0.2, 0) is 20.8 Å². The predicted octanol–water partition coefficient (Wildman–Crippen LogP) is 0.337. The van der Waals surface area contributed by atoms with Gasteiger partial charge in [0.25, 0.3) is 0 Å². The fourth-order valence-electron chi connectivity index (χ4n) is 2.05. The summed E-state index contributed by atoms with van der Waals surface area (Å²) in [6.07, 6.45) is 1.58. The van der Waals surface area contributed by atoms with Crippen LogP contribution in [0.4, 0.5) is 5.82 Å². The molecule has 2 heterocycles. The first kappa shape index (κ1) is 15.4. The first-order valence-electron chi connectivity index (χ1n) is 6.47. The van der Waals surface area contributed by atoms with E-state index in [0.29, 0.717) is 30.4 Å². The quantitative estimate of drug-likeness (QED) is 0.866. The van der Waals surface area contributed by atoms with Crippen molar-refractivity contribution in [3.05, 3.63) is 18.3 Å². The third-order valence-corrected chi connectivity index (χ3v) is 5.86. The van der Waals surface area contributed by atoms with Gasteiger partial charge in [-0.05, 0) is 26.0 Å². The van der Waals surface area contributed by atoms with E-state index in [0.717, 1.165) is 0 Å². The van der Waals surface area contributed by atoms with Gasteiger partial charge >= 0.3 is 0 Å². The predicted molar refractivity (Wildman–Crippen MR) is 79.8 cm³/mol. The highest BCUT2D eigenvalue weighted by atomic mass is 32.2. The number of pyridine rings is 1. The number of rotatable bonds is 4. The second kappa shape index (κ2) is 6.19. The number of anilines is 1. The first-order valence-corrected chi connectivity index (χ1v) is 9.44. The van der Waals surface area contributed by atoms with Gasteiger partial charge in [0.2, 0.25) is 10.0 Å². The molecule has 0 unspecified atom stereocenters. The van der Waals surface area contributed by atoms with Crippen LogP contribution in [0.3, 0.4) is 0 Å². The molecule has 0 aliphatic carbocycles. The van der Waals surface area contributed by atoms with E-state index in [-0.39, 0.29) is 10.9 Å². The van der Waals surface area contributed by atoms with Crippen LogP contribution in [0.1, 0.15) is 13.8 Å². The molecule has 0 aromatic carbocycles. The summed E-state index contributed by atoms with van der Waals surface area (Å²) in [7, 11) is -4.39. The van der Waals surface area contributed by atoms with Gasteiger partial charge in [-0.25, -0.2) is 18.1 Å². The van der Waals surface area contributed by atoms with Crippen LogP contribution in [-0.4, -0.2) is 48.2 Å². The lowest BCUT2D eigenvalue weighted by atomic mass is 10.4. The van der Waals surface area contributed by atoms with Crippen LogP contribution in [0, 0.1) is 0 Å². The average Bonchev–Trinajstić information content (AvgIpc) is 2.38. The molecule has 2 rings (SSSR count). The van der Waals surface area contributed by atoms with Crippen LogP contribution < -0.4 is 9.62 Å². The summed E-state index contributed by atoms with van der Waals surface area (Å²) in [5.41, 5.74) is 0. The van der Waals surface area contributed by atoms with Gasteiger partial charge in [0, 0.05) is 47.6 Å². The highest BCUT2D eigenvalue weighted by Crippen LogP contribution is 2.23. The molecule has 0 bridgehead atoms. The number of nitrogens with one attached hydrogen (secondary N) is 1. The van der Waals surface area contributed by atoms with Gasteiger partial charge in [-0.2, -0.15) is 0 Å². The largest absolute Gasteiger partial charge is 0.354 e. The number of sulfonamides is 1. The highest BCUT2D eigenvalue weighted by molar-refractivity contribution is 7.89. The van der Waals surface area contributed by atoms with Crippen molar-refractivity contribution >= 4 is 26.6 Å². The minimum atomic E-state index is -3.58. The monoisotopic (exact) mass is 317 g/mol. The molecule has 0 saturated carbocycles. The number of aromatic nitrogens is 1. The summed E-state index contributed by atoms with van der Waals surface area (Å²) in [6.45, 7) is 4.68. The Morgan fingerprint density at radius 2 is 2.00 bits per heavy atom. The van der Waals surface area contributed by atoms with Crippen LogP contribution in [0.2, 0.25) is 0 Å². The third kappa shape index (κ3) is 3.56. The first-order chi connectivity index (χ1) is 9.40. The van der Waals surface area contributed by atoms with Crippen molar-refractivity contribution in [1.82, 2.24) is 9.71 Å². The van der Waals surface area contributed by atoms with Crippen molar-refractivity contribution in [1.29, 1.82) is 0 Å². The molecule has 1 N–H and O–H groups in total. The average molecular weight is 317 g/mol. The summed E-state index contributed by atoms with van der Waals surface area (Å²) in [5.74, 6) is 1.54. The fourth-order valence-corrected chi connectivity index (χ4v) is 4.53. The van der Waals surface area contributed by atoms with Crippen molar-refractivity contribution in [3.8, 4) is 0 Å². The third-order valence-electron chi connectivity index (χ3n) is 2.91. The topological polar surface area (TPSA) is 79.4 Å². The molecule has 1 aromatic rings. The number of nitrogens with zero attached hydrogens (tertiary/aromatic N) is 2. The second-order valence-electron chi connectivity index (χ2n) is 4.94. The molecule has 0 radical (unpaired) electrons. The Labute approximate surface area is 122 Å². The van der Waals surface area contributed by atoms with E-state index in [4.69, 9.17) is 0 Å². The van der Waals surface area contributed by atoms with Crippen molar-refractivity contribution in [2.45, 2.75) is 24.8 Å². The van der Waals surface area contributed by atoms with Gasteiger partial charge in [0.15, 0.2) is 0 Å². The maximum atomic E-state index is 12.3. The summed E-state index contributed by atoms with van der Waals surface area (Å²) < 4.78 is 38.6. The summed E-state index contributed by atoms with van der Waals surface area (Å²) in [5, 5.41) is 0. The van der Waals surface area contributed by atoms with E-state index in [1.165, 1.54) is 0 Å². The van der Waals surface area contributed by atoms with E-state index in [1.54, 1.807) is 32.2 Å². The van der Waals surface area contributed by atoms with Gasteiger partial charge in [0.05, 0.1) is 0 Å². The van der Waals surface area contributed by atoms with E-state index in [9.17, 15) is 12.6 Å². The van der Waals surface area contributed by atoms with Gasteiger partial charge in [0.1, 0.15) is 10.7 Å². The van der Waals surface area contributed by atoms with E-state index < -0.39 is 20.8 Å². The molecule has 0 spiro atoms. The fraction of sp³-hybridized carbons (Fsp3) is 0.583. The zero-order chi connectivity index (χ0) is 14.8.